The summed E-state index contributed by atoms with van der Waals surface area (Å²) in [4.78, 5) is 4.59. The summed E-state index contributed by atoms with van der Waals surface area (Å²) >= 11 is 0. The SMILES string of the molecule is CC(C)c1ccc(S(=O)(=O)NCc2ccc(-c3ccoc3)nc2)cc1. The van der Waals surface area contributed by atoms with Crippen molar-refractivity contribution >= 4 is 10.0 Å². The molecule has 5 nitrogen and oxygen atoms in total. The molecule has 1 N–H and O–H groups in total. The lowest BCUT2D eigenvalue weighted by Gasteiger charge is -2.09. The van der Waals surface area contributed by atoms with E-state index in [1.54, 1.807) is 30.9 Å². The number of nitrogens with zero attached hydrogens (tertiary/aromatic N) is 1. The Morgan fingerprint density at radius 2 is 1.84 bits per heavy atom. The van der Waals surface area contributed by atoms with E-state index < -0.39 is 10.0 Å². The van der Waals surface area contributed by atoms with Gasteiger partial charge in [0.15, 0.2) is 0 Å². The summed E-state index contributed by atoms with van der Waals surface area (Å²) in [6.07, 6.45) is 4.86. The molecule has 0 radical (unpaired) electrons. The summed E-state index contributed by atoms with van der Waals surface area (Å²) in [5.74, 6) is 0.365. The largest absolute Gasteiger partial charge is 0.472 e. The van der Waals surface area contributed by atoms with Gasteiger partial charge in [-0.3, -0.25) is 4.98 Å². The molecule has 130 valence electrons. The van der Waals surface area contributed by atoms with Crippen LogP contribution in [0, 0.1) is 0 Å². The van der Waals surface area contributed by atoms with Gasteiger partial charge in [-0.25, -0.2) is 13.1 Å². The molecule has 0 saturated carbocycles. The second-order valence-corrected chi connectivity index (χ2v) is 7.88. The number of benzene rings is 1. The van der Waals surface area contributed by atoms with Crippen LogP contribution in [-0.2, 0) is 16.6 Å². The van der Waals surface area contributed by atoms with E-state index in [1.165, 1.54) is 0 Å². The summed E-state index contributed by atoms with van der Waals surface area (Å²) in [6, 6.07) is 12.5. The standard InChI is InChI=1S/C19H20N2O3S/c1-14(2)16-4-6-18(7-5-16)25(22,23)21-12-15-3-8-19(20-11-15)17-9-10-24-13-17/h3-11,13-14,21H,12H2,1-2H3. The zero-order valence-corrected chi connectivity index (χ0v) is 15.0. The van der Waals surface area contributed by atoms with E-state index in [2.05, 4.69) is 23.6 Å². The molecule has 0 fully saturated rings. The van der Waals surface area contributed by atoms with Crippen molar-refractivity contribution in [2.75, 3.05) is 0 Å². The summed E-state index contributed by atoms with van der Waals surface area (Å²) in [6.45, 7) is 4.33. The van der Waals surface area contributed by atoms with Crippen LogP contribution in [0.4, 0.5) is 0 Å². The Morgan fingerprint density at radius 3 is 2.40 bits per heavy atom. The summed E-state index contributed by atoms with van der Waals surface area (Å²) in [5, 5.41) is 0. The smallest absolute Gasteiger partial charge is 0.240 e. The Balaban J connectivity index is 1.67. The molecule has 0 aliphatic rings. The fraction of sp³-hybridized carbons (Fsp3) is 0.211. The first-order valence-corrected chi connectivity index (χ1v) is 9.51. The van der Waals surface area contributed by atoms with Crippen LogP contribution in [0.15, 0.2) is 70.5 Å². The van der Waals surface area contributed by atoms with Crippen molar-refractivity contribution in [3.8, 4) is 11.3 Å². The Bertz CT molecular complexity index is 914. The number of rotatable bonds is 6. The third-order valence-corrected chi connectivity index (χ3v) is 5.38. The molecule has 2 heterocycles. The third kappa shape index (κ3) is 4.15. The minimum Gasteiger partial charge on any atom is -0.472 e. The van der Waals surface area contributed by atoms with Crippen molar-refractivity contribution in [2.45, 2.75) is 31.2 Å². The van der Waals surface area contributed by atoms with Crippen LogP contribution in [0.1, 0.15) is 30.9 Å². The van der Waals surface area contributed by atoms with Crippen molar-refractivity contribution in [3.63, 3.8) is 0 Å². The highest BCUT2D eigenvalue weighted by Crippen LogP contribution is 2.19. The van der Waals surface area contributed by atoms with Crippen molar-refractivity contribution < 1.29 is 12.8 Å². The van der Waals surface area contributed by atoms with Gasteiger partial charge in [0.05, 0.1) is 23.1 Å². The van der Waals surface area contributed by atoms with Crippen LogP contribution >= 0.6 is 0 Å². The highest BCUT2D eigenvalue weighted by atomic mass is 32.2. The van der Waals surface area contributed by atoms with Crippen LogP contribution in [-0.4, -0.2) is 13.4 Å². The van der Waals surface area contributed by atoms with Crippen molar-refractivity contribution in [1.82, 2.24) is 9.71 Å². The molecular formula is C19H20N2O3S. The maximum atomic E-state index is 12.4. The molecule has 0 amide bonds. The van der Waals surface area contributed by atoms with Gasteiger partial charge in [-0.1, -0.05) is 32.0 Å². The fourth-order valence-corrected chi connectivity index (χ4v) is 3.42. The second-order valence-electron chi connectivity index (χ2n) is 6.11. The molecule has 2 aromatic heterocycles. The van der Waals surface area contributed by atoms with Gasteiger partial charge in [0.25, 0.3) is 0 Å². The fourth-order valence-electron chi connectivity index (χ4n) is 2.40. The minimum atomic E-state index is -3.55. The van der Waals surface area contributed by atoms with Crippen LogP contribution in [0.5, 0.6) is 0 Å². The quantitative estimate of drug-likeness (QED) is 0.726. The first-order chi connectivity index (χ1) is 12.0. The zero-order valence-electron chi connectivity index (χ0n) is 14.1. The van der Waals surface area contributed by atoms with E-state index in [-0.39, 0.29) is 11.4 Å². The van der Waals surface area contributed by atoms with E-state index in [9.17, 15) is 8.42 Å². The summed E-state index contributed by atoms with van der Waals surface area (Å²) in [7, 11) is -3.55. The molecule has 0 aliphatic carbocycles. The number of aromatic nitrogens is 1. The first-order valence-electron chi connectivity index (χ1n) is 8.03. The van der Waals surface area contributed by atoms with Gasteiger partial charge in [0, 0.05) is 18.3 Å². The van der Waals surface area contributed by atoms with Crippen molar-refractivity contribution in [2.24, 2.45) is 0 Å². The summed E-state index contributed by atoms with van der Waals surface area (Å²) < 4.78 is 32.4. The van der Waals surface area contributed by atoms with Gasteiger partial charge in [-0.2, -0.15) is 0 Å². The lowest BCUT2D eigenvalue weighted by Crippen LogP contribution is -2.23. The van der Waals surface area contributed by atoms with E-state index in [0.29, 0.717) is 5.92 Å². The molecule has 25 heavy (non-hydrogen) atoms. The lowest BCUT2D eigenvalue weighted by atomic mass is 10.0. The molecular weight excluding hydrogens is 336 g/mol. The Labute approximate surface area is 147 Å². The normalized spacial score (nSPS) is 11.8. The Morgan fingerprint density at radius 1 is 1.08 bits per heavy atom. The van der Waals surface area contributed by atoms with Crippen LogP contribution in [0.25, 0.3) is 11.3 Å². The van der Waals surface area contributed by atoms with Gasteiger partial charge in [-0.05, 0) is 41.3 Å². The molecule has 0 unspecified atom stereocenters. The molecule has 0 aliphatic heterocycles. The predicted molar refractivity (Wildman–Crippen MR) is 96.5 cm³/mol. The van der Waals surface area contributed by atoms with Gasteiger partial charge >= 0.3 is 0 Å². The lowest BCUT2D eigenvalue weighted by molar-refractivity contribution is 0.568. The Kier molecular flexibility index (Phi) is 5.01. The number of hydrogen-bond donors (Lipinski definition) is 1. The predicted octanol–water partition coefficient (Wildman–Crippen LogP) is 3.94. The van der Waals surface area contributed by atoms with E-state index in [4.69, 9.17) is 4.42 Å². The van der Waals surface area contributed by atoms with Crippen LogP contribution in [0.3, 0.4) is 0 Å². The maximum absolute atomic E-state index is 12.4. The zero-order chi connectivity index (χ0) is 17.9. The monoisotopic (exact) mass is 356 g/mol. The van der Waals surface area contributed by atoms with E-state index >= 15 is 0 Å². The topological polar surface area (TPSA) is 72.2 Å². The second kappa shape index (κ2) is 7.21. The molecule has 0 atom stereocenters. The van der Waals surface area contributed by atoms with Crippen LogP contribution < -0.4 is 4.72 Å². The van der Waals surface area contributed by atoms with Gasteiger partial charge < -0.3 is 4.42 Å². The van der Waals surface area contributed by atoms with Crippen molar-refractivity contribution in [3.05, 3.63) is 72.3 Å². The van der Waals surface area contributed by atoms with E-state index in [1.807, 2.05) is 30.3 Å². The average molecular weight is 356 g/mol. The van der Waals surface area contributed by atoms with Crippen molar-refractivity contribution in [1.29, 1.82) is 0 Å². The molecule has 0 bridgehead atoms. The Hall–Kier alpha value is -2.44. The van der Waals surface area contributed by atoms with E-state index in [0.717, 1.165) is 22.4 Å². The molecule has 3 rings (SSSR count). The number of sulfonamides is 1. The molecule has 3 aromatic rings. The van der Waals surface area contributed by atoms with Gasteiger partial charge in [0.2, 0.25) is 10.0 Å². The molecule has 1 aromatic carbocycles. The molecule has 6 heteroatoms. The third-order valence-electron chi connectivity index (χ3n) is 3.97. The number of furan rings is 1. The average Bonchev–Trinajstić information content (AvgIpc) is 3.15. The number of hydrogen-bond acceptors (Lipinski definition) is 4. The number of nitrogens with one attached hydrogen (secondary N) is 1. The molecule has 0 saturated heterocycles. The minimum absolute atomic E-state index is 0.187. The highest BCUT2D eigenvalue weighted by molar-refractivity contribution is 7.89. The van der Waals surface area contributed by atoms with Gasteiger partial charge in [0.1, 0.15) is 0 Å². The van der Waals surface area contributed by atoms with Crippen LogP contribution in [0.2, 0.25) is 0 Å². The molecule has 0 spiro atoms. The van der Waals surface area contributed by atoms with Gasteiger partial charge in [-0.15, -0.1) is 0 Å². The first kappa shape index (κ1) is 17.4. The number of pyridine rings is 1. The maximum Gasteiger partial charge on any atom is 0.240 e. The highest BCUT2D eigenvalue weighted by Gasteiger charge is 2.14. The summed E-state index contributed by atoms with van der Waals surface area (Å²) in [5.41, 5.74) is 3.56.